The molecule has 1 aliphatic carbocycles. The number of ether oxygens (including phenoxy) is 1. The van der Waals surface area contributed by atoms with Gasteiger partial charge in [-0.15, -0.1) is 0 Å². The molecule has 4 rings (SSSR count). The van der Waals surface area contributed by atoms with E-state index in [0.29, 0.717) is 16.9 Å². The van der Waals surface area contributed by atoms with Crippen LogP contribution >= 0.6 is 0 Å². The van der Waals surface area contributed by atoms with Crippen molar-refractivity contribution in [3.05, 3.63) is 83.9 Å². The van der Waals surface area contributed by atoms with Crippen LogP contribution in [0.4, 0.5) is 11.4 Å². The van der Waals surface area contributed by atoms with E-state index in [9.17, 15) is 13.2 Å². The Balaban J connectivity index is 1.36. The molecule has 1 saturated carbocycles. The molecular formula is C25H26N2O4S. The summed E-state index contributed by atoms with van der Waals surface area (Å²) in [5.41, 5.74) is 2.46. The summed E-state index contributed by atoms with van der Waals surface area (Å²) in [6.07, 6.45) is 4.90. The highest BCUT2D eigenvalue weighted by atomic mass is 32.2. The Labute approximate surface area is 188 Å². The highest BCUT2D eigenvalue weighted by Crippen LogP contribution is 2.25. The number of amides is 1. The van der Waals surface area contributed by atoms with Crippen molar-refractivity contribution in [2.24, 2.45) is 0 Å². The van der Waals surface area contributed by atoms with Crippen LogP contribution in [0, 0.1) is 6.92 Å². The molecular weight excluding hydrogens is 424 g/mol. The first-order chi connectivity index (χ1) is 15.4. The minimum Gasteiger partial charge on any atom is -0.490 e. The topological polar surface area (TPSA) is 84.5 Å². The zero-order valence-electron chi connectivity index (χ0n) is 17.9. The van der Waals surface area contributed by atoms with E-state index < -0.39 is 10.0 Å². The molecule has 0 unspecified atom stereocenters. The first-order valence-corrected chi connectivity index (χ1v) is 12.1. The SMILES string of the molecule is Cc1ccc(S(=O)(=O)Nc2ccc(C(=O)Nc3ccc(OC4CCCC4)cc3)cc2)cc1. The van der Waals surface area contributed by atoms with E-state index in [0.717, 1.165) is 24.2 Å². The Kier molecular flexibility index (Phi) is 6.46. The van der Waals surface area contributed by atoms with Crippen molar-refractivity contribution in [1.82, 2.24) is 0 Å². The zero-order valence-corrected chi connectivity index (χ0v) is 18.7. The predicted molar refractivity (Wildman–Crippen MR) is 126 cm³/mol. The molecule has 0 heterocycles. The molecule has 0 radical (unpaired) electrons. The van der Waals surface area contributed by atoms with E-state index in [1.807, 2.05) is 31.2 Å². The number of carbonyl (C=O) groups is 1. The van der Waals surface area contributed by atoms with Gasteiger partial charge in [-0.2, -0.15) is 0 Å². The molecule has 32 heavy (non-hydrogen) atoms. The standard InChI is InChI=1S/C25H26N2O4S/c1-18-6-16-24(17-7-18)32(29,30)27-21-10-8-19(9-11-21)25(28)26-20-12-14-23(15-13-20)31-22-4-2-3-5-22/h6-17,22,27H,2-5H2,1H3,(H,26,28). The smallest absolute Gasteiger partial charge is 0.261 e. The fourth-order valence-corrected chi connectivity index (χ4v) is 4.70. The average Bonchev–Trinajstić information content (AvgIpc) is 3.29. The van der Waals surface area contributed by atoms with Gasteiger partial charge in [-0.05, 0) is 93.3 Å². The first-order valence-electron chi connectivity index (χ1n) is 10.7. The minimum absolute atomic E-state index is 0.185. The van der Waals surface area contributed by atoms with Crippen molar-refractivity contribution in [3.8, 4) is 5.75 Å². The van der Waals surface area contributed by atoms with Crippen LogP contribution in [0.3, 0.4) is 0 Å². The second kappa shape index (κ2) is 9.44. The van der Waals surface area contributed by atoms with Gasteiger partial charge in [0.2, 0.25) is 0 Å². The Bertz CT molecular complexity index is 1170. The van der Waals surface area contributed by atoms with Crippen molar-refractivity contribution in [3.63, 3.8) is 0 Å². The van der Waals surface area contributed by atoms with Gasteiger partial charge in [0, 0.05) is 16.9 Å². The lowest BCUT2D eigenvalue weighted by molar-refractivity contribution is 0.102. The van der Waals surface area contributed by atoms with Gasteiger partial charge in [0.15, 0.2) is 0 Å². The summed E-state index contributed by atoms with van der Waals surface area (Å²) in [5.74, 6) is 0.530. The van der Waals surface area contributed by atoms with E-state index in [1.165, 1.54) is 12.8 Å². The van der Waals surface area contributed by atoms with Crippen LogP contribution in [0.5, 0.6) is 5.75 Å². The van der Waals surface area contributed by atoms with Gasteiger partial charge >= 0.3 is 0 Å². The monoisotopic (exact) mass is 450 g/mol. The molecule has 1 amide bonds. The van der Waals surface area contributed by atoms with E-state index in [4.69, 9.17) is 4.74 Å². The summed E-state index contributed by atoms with van der Waals surface area (Å²) in [4.78, 5) is 12.7. The number of hydrogen-bond donors (Lipinski definition) is 2. The van der Waals surface area contributed by atoms with Crippen LogP contribution in [0.25, 0.3) is 0 Å². The summed E-state index contributed by atoms with van der Waals surface area (Å²) in [6, 6.07) is 20.3. The van der Waals surface area contributed by atoms with Gasteiger partial charge in [0.25, 0.3) is 15.9 Å². The quantitative estimate of drug-likeness (QED) is 0.507. The van der Waals surface area contributed by atoms with Crippen LogP contribution < -0.4 is 14.8 Å². The Hall–Kier alpha value is -3.32. The van der Waals surface area contributed by atoms with Crippen LogP contribution in [0.2, 0.25) is 0 Å². The minimum atomic E-state index is -3.69. The molecule has 0 atom stereocenters. The maximum absolute atomic E-state index is 12.5. The lowest BCUT2D eigenvalue weighted by Gasteiger charge is -2.13. The summed E-state index contributed by atoms with van der Waals surface area (Å²) < 4.78 is 33.5. The second-order valence-electron chi connectivity index (χ2n) is 8.00. The average molecular weight is 451 g/mol. The molecule has 3 aromatic rings. The lowest BCUT2D eigenvalue weighted by Crippen LogP contribution is -2.14. The second-order valence-corrected chi connectivity index (χ2v) is 9.68. The van der Waals surface area contributed by atoms with Crippen LogP contribution in [0.1, 0.15) is 41.6 Å². The molecule has 1 fully saturated rings. The Morgan fingerprint density at radius 3 is 2.06 bits per heavy atom. The maximum atomic E-state index is 12.5. The highest BCUT2D eigenvalue weighted by Gasteiger charge is 2.17. The number of carbonyl (C=O) groups excluding carboxylic acids is 1. The van der Waals surface area contributed by atoms with E-state index >= 15 is 0 Å². The largest absolute Gasteiger partial charge is 0.490 e. The van der Waals surface area contributed by atoms with Gasteiger partial charge in [0.05, 0.1) is 11.0 Å². The van der Waals surface area contributed by atoms with Crippen molar-refractivity contribution >= 4 is 27.3 Å². The normalized spacial score (nSPS) is 14.2. The number of rotatable bonds is 7. The summed E-state index contributed by atoms with van der Waals surface area (Å²) >= 11 is 0. The fraction of sp³-hybridized carbons (Fsp3) is 0.240. The zero-order chi connectivity index (χ0) is 22.6. The maximum Gasteiger partial charge on any atom is 0.261 e. The molecule has 0 aliphatic heterocycles. The molecule has 0 bridgehead atoms. The molecule has 7 heteroatoms. The Morgan fingerprint density at radius 1 is 0.844 bits per heavy atom. The molecule has 166 valence electrons. The number of benzene rings is 3. The number of aryl methyl sites for hydroxylation is 1. The van der Waals surface area contributed by atoms with Gasteiger partial charge in [-0.3, -0.25) is 9.52 Å². The van der Waals surface area contributed by atoms with Crippen molar-refractivity contribution in [2.75, 3.05) is 10.0 Å². The van der Waals surface area contributed by atoms with Gasteiger partial charge in [0.1, 0.15) is 5.75 Å². The fourth-order valence-electron chi connectivity index (χ4n) is 3.64. The van der Waals surface area contributed by atoms with Crippen LogP contribution in [0.15, 0.2) is 77.7 Å². The van der Waals surface area contributed by atoms with E-state index in [2.05, 4.69) is 10.0 Å². The van der Waals surface area contributed by atoms with E-state index in [-0.39, 0.29) is 16.9 Å². The molecule has 3 aromatic carbocycles. The number of nitrogens with one attached hydrogen (secondary N) is 2. The molecule has 0 aromatic heterocycles. The third kappa shape index (κ3) is 5.48. The van der Waals surface area contributed by atoms with Crippen LogP contribution in [-0.2, 0) is 10.0 Å². The summed E-state index contributed by atoms with van der Waals surface area (Å²) in [6.45, 7) is 1.90. The summed E-state index contributed by atoms with van der Waals surface area (Å²) in [5, 5.41) is 2.84. The summed E-state index contributed by atoms with van der Waals surface area (Å²) in [7, 11) is -3.69. The number of hydrogen-bond acceptors (Lipinski definition) is 4. The molecule has 1 aliphatic rings. The highest BCUT2D eigenvalue weighted by molar-refractivity contribution is 7.92. The van der Waals surface area contributed by atoms with Gasteiger partial charge in [-0.25, -0.2) is 8.42 Å². The molecule has 0 saturated heterocycles. The molecule has 0 spiro atoms. The first kappa shape index (κ1) is 21.9. The third-order valence-corrected chi connectivity index (χ3v) is 6.84. The van der Waals surface area contributed by atoms with Crippen molar-refractivity contribution < 1.29 is 17.9 Å². The van der Waals surface area contributed by atoms with Gasteiger partial charge in [-0.1, -0.05) is 17.7 Å². The van der Waals surface area contributed by atoms with Gasteiger partial charge < -0.3 is 10.1 Å². The van der Waals surface area contributed by atoms with Crippen LogP contribution in [-0.4, -0.2) is 20.4 Å². The Morgan fingerprint density at radius 2 is 1.44 bits per heavy atom. The number of sulfonamides is 1. The van der Waals surface area contributed by atoms with Crippen molar-refractivity contribution in [2.45, 2.75) is 43.6 Å². The van der Waals surface area contributed by atoms with E-state index in [1.54, 1.807) is 48.5 Å². The molecule has 6 nitrogen and oxygen atoms in total. The lowest BCUT2D eigenvalue weighted by atomic mass is 10.2. The third-order valence-electron chi connectivity index (χ3n) is 5.45. The molecule has 2 N–H and O–H groups in total. The van der Waals surface area contributed by atoms with Crippen molar-refractivity contribution in [1.29, 1.82) is 0 Å². The predicted octanol–water partition coefficient (Wildman–Crippen LogP) is 5.37. The number of anilines is 2.